The molecule has 0 bridgehead atoms. The van der Waals surface area contributed by atoms with E-state index in [1.54, 1.807) is 0 Å². The van der Waals surface area contributed by atoms with Crippen molar-refractivity contribution in [1.29, 1.82) is 0 Å². The van der Waals surface area contributed by atoms with Crippen molar-refractivity contribution in [2.24, 2.45) is 0 Å². The van der Waals surface area contributed by atoms with Crippen LogP contribution in [0.5, 0.6) is 5.75 Å². The summed E-state index contributed by atoms with van der Waals surface area (Å²) in [5.41, 5.74) is 11.5. The predicted molar refractivity (Wildman–Crippen MR) is 82.9 cm³/mol. The Kier molecular flexibility index (Phi) is 2.27. The van der Waals surface area contributed by atoms with Crippen LogP contribution in [-0.4, -0.2) is 0 Å². The highest BCUT2D eigenvalue weighted by Gasteiger charge is 2.19. The lowest BCUT2D eigenvalue weighted by Gasteiger charge is -2.22. The summed E-state index contributed by atoms with van der Waals surface area (Å²) in [5.74, 6) is 0.879. The molecule has 1 heterocycles. The van der Waals surface area contributed by atoms with Crippen LogP contribution in [0.15, 0.2) is 48.5 Å². The van der Waals surface area contributed by atoms with Crippen molar-refractivity contribution < 1.29 is 4.74 Å². The minimum Gasteiger partial charge on any atom is -0.488 e. The standard InChI is InChI=1S/C18H15NO/c1-11-2-5-14-12(8-11)3-6-15-16-7-4-13(19)9-18(16)20-10-17(14)15/h2-9H,10,19H2,1H3. The van der Waals surface area contributed by atoms with Crippen molar-refractivity contribution in [2.45, 2.75) is 13.5 Å². The van der Waals surface area contributed by atoms with Gasteiger partial charge in [-0.05, 0) is 35.4 Å². The molecule has 0 atom stereocenters. The van der Waals surface area contributed by atoms with Gasteiger partial charge in [0.15, 0.2) is 0 Å². The first kappa shape index (κ1) is 11.4. The Bertz CT molecular complexity index is 836. The molecule has 0 fully saturated rings. The molecule has 4 rings (SSSR count). The third-order valence-corrected chi connectivity index (χ3v) is 3.95. The molecular weight excluding hydrogens is 246 g/mol. The summed E-state index contributed by atoms with van der Waals surface area (Å²) < 4.78 is 5.89. The van der Waals surface area contributed by atoms with Gasteiger partial charge in [-0.15, -0.1) is 0 Å². The van der Waals surface area contributed by atoms with E-state index in [0.717, 1.165) is 17.0 Å². The molecule has 0 saturated carbocycles. The number of nitrogens with two attached hydrogens (primary N) is 1. The van der Waals surface area contributed by atoms with Gasteiger partial charge in [-0.3, -0.25) is 0 Å². The Morgan fingerprint density at radius 1 is 0.950 bits per heavy atom. The SMILES string of the molecule is Cc1ccc2c3c(ccc2c1)-c1ccc(N)cc1OC3. The number of rotatable bonds is 0. The number of anilines is 1. The van der Waals surface area contributed by atoms with E-state index in [9.17, 15) is 0 Å². The normalized spacial score (nSPS) is 12.7. The summed E-state index contributed by atoms with van der Waals surface area (Å²) >= 11 is 0. The van der Waals surface area contributed by atoms with E-state index < -0.39 is 0 Å². The molecule has 2 heteroatoms. The van der Waals surface area contributed by atoms with Gasteiger partial charge in [0.1, 0.15) is 12.4 Å². The lowest BCUT2D eigenvalue weighted by atomic mass is 9.92. The Balaban J connectivity index is 2.03. The van der Waals surface area contributed by atoms with Crippen LogP contribution >= 0.6 is 0 Å². The van der Waals surface area contributed by atoms with Crippen molar-refractivity contribution >= 4 is 16.5 Å². The third-order valence-electron chi connectivity index (χ3n) is 3.95. The number of hydrogen-bond acceptors (Lipinski definition) is 2. The van der Waals surface area contributed by atoms with E-state index in [2.05, 4.69) is 37.3 Å². The smallest absolute Gasteiger partial charge is 0.129 e. The molecule has 0 saturated heterocycles. The van der Waals surface area contributed by atoms with Gasteiger partial charge in [-0.1, -0.05) is 35.9 Å². The fraction of sp³-hybridized carbons (Fsp3) is 0.111. The molecule has 1 aliphatic rings. The van der Waals surface area contributed by atoms with Gasteiger partial charge in [-0.25, -0.2) is 0 Å². The first-order chi connectivity index (χ1) is 9.72. The number of benzene rings is 3. The molecule has 0 aromatic heterocycles. The molecular formula is C18H15NO. The molecule has 0 amide bonds. The zero-order valence-electron chi connectivity index (χ0n) is 11.3. The van der Waals surface area contributed by atoms with Gasteiger partial charge < -0.3 is 10.5 Å². The number of aryl methyl sites for hydroxylation is 1. The molecule has 2 N–H and O–H groups in total. The molecule has 0 aliphatic carbocycles. The quantitative estimate of drug-likeness (QED) is 0.613. The molecule has 0 radical (unpaired) electrons. The molecule has 0 spiro atoms. The van der Waals surface area contributed by atoms with Crippen LogP contribution in [0.2, 0.25) is 0 Å². The van der Waals surface area contributed by atoms with E-state index in [1.807, 2.05) is 18.2 Å². The minimum atomic E-state index is 0.603. The number of nitrogen functional groups attached to an aromatic ring is 1. The van der Waals surface area contributed by atoms with E-state index in [0.29, 0.717) is 6.61 Å². The number of fused-ring (bicyclic) bond motifs is 5. The van der Waals surface area contributed by atoms with Crippen LogP contribution in [0.1, 0.15) is 11.1 Å². The fourth-order valence-corrected chi connectivity index (χ4v) is 2.95. The Hall–Kier alpha value is -2.48. The molecule has 3 aromatic rings. The van der Waals surface area contributed by atoms with E-state index >= 15 is 0 Å². The van der Waals surface area contributed by atoms with Crippen molar-refractivity contribution in [3.8, 4) is 16.9 Å². The summed E-state index contributed by atoms with van der Waals surface area (Å²) in [6, 6.07) is 16.8. The van der Waals surface area contributed by atoms with Crippen LogP contribution in [-0.2, 0) is 6.61 Å². The minimum absolute atomic E-state index is 0.603. The van der Waals surface area contributed by atoms with Crippen molar-refractivity contribution in [2.75, 3.05) is 5.73 Å². The van der Waals surface area contributed by atoms with E-state index in [1.165, 1.54) is 27.5 Å². The average molecular weight is 261 g/mol. The fourth-order valence-electron chi connectivity index (χ4n) is 2.95. The van der Waals surface area contributed by atoms with E-state index in [-0.39, 0.29) is 0 Å². The van der Waals surface area contributed by atoms with Crippen LogP contribution in [0.25, 0.3) is 21.9 Å². The van der Waals surface area contributed by atoms with Gasteiger partial charge in [0.05, 0.1) is 0 Å². The van der Waals surface area contributed by atoms with Gasteiger partial charge in [-0.2, -0.15) is 0 Å². The average Bonchev–Trinajstić information content (AvgIpc) is 2.45. The number of ether oxygens (including phenoxy) is 1. The highest BCUT2D eigenvalue weighted by atomic mass is 16.5. The van der Waals surface area contributed by atoms with Crippen molar-refractivity contribution in [3.05, 3.63) is 59.7 Å². The van der Waals surface area contributed by atoms with Crippen LogP contribution in [0.4, 0.5) is 5.69 Å². The highest BCUT2D eigenvalue weighted by molar-refractivity contribution is 5.94. The Morgan fingerprint density at radius 3 is 2.70 bits per heavy atom. The molecule has 20 heavy (non-hydrogen) atoms. The summed E-state index contributed by atoms with van der Waals surface area (Å²) in [6.07, 6.45) is 0. The van der Waals surface area contributed by atoms with Gasteiger partial charge in [0, 0.05) is 22.9 Å². The number of hydrogen-bond donors (Lipinski definition) is 1. The van der Waals surface area contributed by atoms with Crippen LogP contribution in [0, 0.1) is 6.92 Å². The molecule has 3 aromatic carbocycles. The zero-order valence-corrected chi connectivity index (χ0v) is 11.3. The predicted octanol–water partition coefficient (Wildman–Crippen LogP) is 4.29. The monoisotopic (exact) mass is 261 g/mol. The molecule has 98 valence electrons. The Morgan fingerprint density at radius 2 is 1.80 bits per heavy atom. The summed E-state index contributed by atoms with van der Waals surface area (Å²) in [6.45, 7) is 2.72. The zero-order chi connectivity index (χ0) is 13.7. The second kappa shape index (κ2) is 4.01. The van der Waals surface area contributed by atoms with Crippen LogP contribution in [0.3, 0.4) is 0 Å². The second-order valence-electron chi connectivity index (χ2n) is 5.36. The second-order valence-corrected chi connectivity index (χ2v) is 5.36. The van der Waals surface area contributed by atoms with Gasteiger partial charge >= 0.3 is 0 Å². The van der Waals surface area contributed by atoms with Crippen molar-refractivity contribution in [3.63, 3.8) is 0 Å². The third kappa shape index (κ3) is 1.58. The maximum Gasteiger partial charge on any atom is 0.129 e. The lowest BCUT2D eigenvalue weighted by molar-refractivity contribution is 0.304. The van der Waals surface area contributed by atoms with Gasteiger partial charge in [0.2, 0.25) is 0 Å². The maximum absolute atomic E-state index is 5.89. The summed E-state index contributed by atoms with van der Waals surface area (Å²) in [5, 5.41) is 2.54. The van der Waals surface area contributed by atoms with Gasteiger partial charge in [0.25, 0.3) is 0 Å². The van der Waals surface area contributed by atoms with E-state index in [4.69, 9.17) is 10.5 Å². The maximum atomic E-state index is 5.89. The first-order valence-corrected chi connectivity index (χ1v) is 6.77. The molecule has 0 unspecified atom stereocenters. The largest absolute Gasteiger partial charge is 0.488 e. The first-order valence-electron chi connectivity index (χ1n) is 6.77. The molecule has 2 nitrogen and oxygen atoms in total. The lowest BCUT2D eigenvalue weighted by Crippen LogP contribution is -2.06. The van der Waals surface area contributed by atoms with Crippen molar-refractivity contribution in [1.82, 2.24) is 0 Å². The highest BCUT2D eigenvalue weighted by Crippen LogP contribution is 2.41. The Labute approximate surface area is 117 Å². The summed E-state index contributed by atoms with van der Waals surface area (Å²) in [4.78, 5) is 0. The van der Waals surface area contributed by atoms with Crippen LogP contribution < -0.4 is 10.5 Å². The molecule has 1 aliphatic heterocycles. The topological polar surface area (TPSA) is 35.2 Å². The summed E-state index contributed by atoms with van der Waals surface area (Å²) in [7, 11) is 0.